The van der Waals surface area contributed by atoms with E-state index >= 15 is 0 Å². The number of methoxy groups -OCH3 is 1. The van der Waals surface area contributed by atoms with Crippen molar-refractivity contribution in [3.05, 3.63) is 77.9 Å². The first-order valence-electron chi connectivity index (χ1n) is 10.3. The van der Waals surface area contributed by atoms with Crippen LogP contribution in [-0.2, 0) is 11.2 Å². The number of hydrogen-bond donors (Lipinski definition) is 2. The van der Waals surface area contributed by atoms with Crippen LogP contribution in [0.4, 0.5) is 10.1 Å². The number of nitrogens with one attached hydrogen (secondary N) is 2. The molecule has 34 heavy (non-hydrogen) atoms. The van der Waals surface area contributed by atoms with E-state index < -0.39 is 5.82 Å². The zero-order valence-corrected chi connectivity index (χ0v) is 19.0. The van der Waals surface area contributed by atoms with Crippen LogP contribution in [0.5, 0.6) is 5.75 Å². The molecule has 9 nitrogen and oxygen atoms in total. The highest BCUT2D eigenvalue weighted by molar-refractivity contribution is 7.99. The molecule has 0 fully saturated rings. The molecule has 0 aliphatic heterocycles. The molecular weight excluding hydrogens is 459 g/mol. The molecule has 2 N–H and O–H groups in total. The maximum absolute atomic E-state index is 13.0. The summed E-state index contributed by atoms with van der Waals surface area (Å²) in [4.78, 5) is 24.5. The highest BCUT2D eigenvalue weighted by Crippen LogP contribution is 2.18. The molecule has 0 aliphatic carbocycles. The van der Waals surface area contributed by atoms with Gasteiger partial charge in [-0.1, -0.05) is 11.8 Å². The Bertz CT molecular complexity index is 1290. The number of carbonyl (C=O) groups is 2. The van der Waals surface area contributed by atoms with Gasteiger partial charge < -0.3 is 15.4 Å². The summed E-state index contributed by atoms with van der Waals surface area (Å²) in [6.45, 7) is 0.306. The Kier molecular flexibility index (Phi) is 7.33. The number of halogens is 1. The van der Waals surface area contributed by atoms with Crippen molar-refractivity contribution >= 4 is 34.9 Å². The third-order valence-electron chi connectivity index (χ3n) is 4.77. The number of thioether (sulfide) groups is 1. The molecular formula is C23H21FN6O3S. The number of fused-ring (bicyclic) bond motifs is 1. The van der Waals surface area contributed by atoms with Crippen LogP contribution in [0.25, 0.3) is 5.65 Å². The molecule has 0 saturated carbocycles. The van der Waals surface area contributed by atoms with Crippen molar-refractivity contribution in [1.82, 2.24) is 25.1 Å². The largest absolute Gasteiger partial charge is 0.497 e. The van der Waals surface area contributed by atoms with E-state index in [-0.39, 0.29) is 17.6 Å². The Labute approximate surface area is 198 Å². The summed E-state index contributed by atoms with van der Waals surface area (Å²) >= 11 is 1.28. The van der Waals surface area contributed by atoms with E-state index in [1.807, 2.05) is 0 Å². The first-order valence-corrected chi connectivity index (χ1v) is 11.3. The Hall–Kier alpha value is -3.99. The fourth-order valence-corrected chi connectivity index (χ4v) is 3.71. The lowest BCUT2D eigenvalue weighted by atomic mass is 10.2. The first kappa shape index (κ1) is 23.2. The first-order chi connectivity index (χ1) is 16.5. The third kappa shape index (κ3) is 5.87. The van der Waals surface area contributed by atoms with Crippen LogP contribution in [0.15, 0.2) is 65.7 Å². The van der Waals surface area contributed by atoms with E-state index in [9.17, 15) is 14.0 Å². The molecule has 4 rings (SSSR count). The molecule has 174 valence electrons. The average Bonchev–Trinajstić information content (AvgIpc) is 3.26. The SMILES string of the molecule is COc1ccc(NC(=O)CSc2ccc3nnc(CCNC(=O)c4ccc(F)cc4)n3n2)cc1. The molecule has 0 spiro atoms. The van der Waals surface area contributed by atoms with Crippen LogP contribution in [0.1, 0.15) is 16.2 Å². The molecule has 2 heterocycles. The highest BCUT2D eigenvalue weighted by Gasteiger charge is 2.11. The van der Waals surface area contributed by atoms with Crippen LogP contribution in [0.2, 0.25) is 0 Å². The van der Waals surface area contributed by atoms with Crippen LogP contribution < -0.4 is 15.4 Å². The van der Waals surface area contributed by atoms with Gasteiger partial charge in [-0.3, -0.25) is 9.59 Å². The van der Waals surface area contributed by atoms with E-state index in [1.54, 1.807) is 48.0 Å². The number of aromatic nitrogens is 4. The number of rotatable bonds is 9. The molecule has 0 unspecified atom stereocenters. The molecule has 2 aromatic heterocycles. The predicted octanol–water partition coefficient (Wildman–Crippen LogP) is 2.98. The standard InChI is InChI=1S/C23H21FN6O3S/c1-33-18-8-6-17(7-9-18)26-21(31)14-34-22-11-10-19-27-28-20(30(19)29-22)12-13-25-23(32)15-2-4-16(24)5-3-15/h2-11H,12-14H2,1H3,(H,25,32)(H,26,31). The number of carbonyl (C=O) groups excluding carboxylic acids is 2. The minimum absolute atomic E-state index is 0.162. The lowest BCUT2D eigenvalue weighted by Gasteiger charge is -2.07. The van der Waals surface area contributed by atoms with Crippen molar-refractivity contribution in [2.45, 2.75) is 11.4 Å². The van der Waals surface area contributed by atoms with Crippen molar-refractivity contribution in [1.29, 1.82) is 0 Å². The summed E-state index contributed by atoms with van der Waals surface area (Å²) in [5.41, 5.74) is 1.61. The molecule has 2 amide bonds. The number of amides is 2. The van der Waals surface area contributed by atoms with Crippen LogP contribution in [-0.4, -0.2) is 51.0 Å². The van der Waals surface area contributed by atoms with Gasteiger partial charge in [0.15, 0.2) is 11.5 Å². The van der Waals surface area contributed by atoms with E-state index in [4.69, 9.17) is 4.74 Å². The van der Waals surface area contributed by atoms with Gasteiger partial charge in [-0.25, -0.2) is 4.39 Å². The average molecular weight is 481 g/mol. The Morgan fingerprint density at radius 2 is 1.79 bits per heavy atom. The van der Waals surface area contributed by atoms with Gasteiger partial charge >= 0.3 is 0 Å². The van der Waals surface area contributed by atoms with Crippen molar-refractivity contribution in [3.8, 4) is 5.75 Å². The highest BCUT2D eigenvalue weighted by atomic mass is 32.2. The smallest absolute Gasteiger partial charge is 0.251 e. The molecule has 0 radical (unpaired) electrons. The quantitative estimate of drug-likeness (QED) is 0.354. The van der Waals surface area contributed by atoms with Gasteiger partial charge in [-0.2, -0.15) is 9.61 Å². The van der Waals surface area contributed by atoms with E-state index in [0.717, 1.165) is 0 Å². The number of anilines is 1. The Balaban J connectivity index is 1.31. The third-order valence-corrected chi connectivity index (χ3v) is 5.69. The lowest BCUT2D eigenvalue weighted by molar-refractivity contribution is -0.113. The number of nitrogens with zero attached hydrogens (tertiary/aromatic N) is 4. The van der Waals surface area contributed by atoms with Crippen molar-refractivity contribution in [2.24, 2.45) is 0 Å². The normalized spacial score (nSPS) is 10.8. The Morgan fingerprint density at radius 1 is 1.03 bits per heavy atom. The molecule has 0 atom stereocenters. The molecule has 0 aliphatic rings. The summed E-state index contributed by atoms with van der Waals surface area (Å²) in [5.74, 6) is 0.592. The summed E-state index contributed by atoms with van der Waals surface area (Å²) in [7, 11) is 1.58. The predicted molar refractivity (Wildman–Crippen MR) is 126 cm³/mol. The Morgan fingerprint density at radius 3 is 2.53 bits per heavy atom. The number of ether oxygens (including phenoxy) is 1. The van der Waals surface area contributed by atoms with Gasteiger partial charge in [0.1, 0.15) is 16.6 Å². The van der Waals surface area contributed by atoms with E-state index in [2.05, 4.69) is 25.9 Å². The fourth-order valence-electron chi connectivity index (χ4n) is 3.05. The molecule has 4 aromatic rings. The van der Waals surface area contributed by atoms with Gasteiger partial charge in [0.25, 0.3) is 5.91 Å². The van der Waals surface area contributed by atoms with Gasteiger partial charge in [-0.05, 0) is 60.7 Å². The number of benzene rings is 2. The summed E-state index contributed by atoms with van der Waals surface area (Å²) in [5, 5.41) is 19.0. The van der Waals surface area contributed by atoms with Crippen LogP contribution in [0.3, 0.4) is 0 Å². The van der Waals surface area contributed by atoms with Gasteiger partial charge in [0, 0.05) is 24.2 Å². The zero-order valence-electron chi connectivity index (χ0n) is 18.2. The van der Waals surface area contributed by atoms with Crippen LogP contribution >= 0.6 is 11.8 Å². The van der Waals surface area contributed by atoms with Gasteiger partial charge in [-0.15, -0.1) is 10.2 Å². The van der Waals surface area contributed by atoms with E-state index in [1.165, 1.54) is 36.0 Å². The zero-order chi connectivity index (χ0) is 23.9. The molecule has 0 saturated heterocycles. The van der Waals surface area contributed by atoms with Gasteiger partial charge in [0.05, 0.1) is 12.9 Å². The maximum atomic E-state index is 13.0. The molecule has 2 aromatic carbocycles. The van der Waals surface area contributed by atoms with Crippen molar-refractivity contribution < 1.29 is 18.7 Å². The fraction of sp³-hybridized carbons (Fsp3) is 0.174. The van der Waals surface area contributed by atoms with Gasteiger partial charge in [0.2, 0.25) is 5.91 Å². The summed E-state index contributed by atoms with van der Waals surface area (Å²) in [6.07, 6.45) is 0.396. The molecule has 11 heteroatoms. The minimum atomic E-state index is -0.399. The maximum Gasteiger partial charge on any atom is 0.251 e. The summed E-state index contributed by atoms with van der Waals surface area (Å²) in [6, 6.07) is 15.9. The lowest BCUT2D eigenvalue weighted by Crippen LogP contribution is -2.26. The number of hydrogen-bond acceptors (Lipinski definition) is 7. The monoisotopic (exact) mass is 480 g/mol. The van der Waals surface area contributed by atoms with E-state index in [0.29, 0.717) is 46.5 Å². The van der Waals surface area contributed by atoms with Crippen LogP contribution in [0, 0.1) is 5.82 Å². The second-order valence-corrected chi connectivity index (χ2v) is 8.13. The second-order valence-electron chi connectivity index (χ2n) is 7.14. The second kappa shape index (κ2) is 10.8. The minimum Gasteiger partial charge on any atom is -0.497 e. The summed E-state index contributed by atoms with van der Waals surface area (Å²) < 4.78 is 19.7. The van der Waals surface area contributed by atoms with Crippen molar-refractivity contribution in [2.75, 3.05) is 24.7 Å². The topological polar surface area (TPSA) is 111 Å². The molecule has 0 bridgehead atoms. The van der Waals surface area contributed by atoms with Crippen molar-refractivity contribution in [3.63, 3.8) is 0 Å².